The van der Waals surface area contributed by atoms with E-state index in [-0.39, 0.29) is 18.2 Å². The zero-order chi connectivity index (χ0) is 31.3. The quantitative estimate of drug-likeness (QED) is 0.0954. The van der Waals surface area contributed by atoms with Crippen molar-refractivity contribution in [2.24, 2.45) is 4.99 Å². The van der Waals surface area contributed by atoms with Crippen molar-refractivity contribution in [2.45, 2.75) is 13.0 Å². The molecular weight excluding hydrogens is 654 g/mol. The first kappa shape index (κ1) is 29.9. The number of hydrogen-bond donors (Lipinski definition) is 1. The molecule has 1 aromatic heterocycles. The summed E-state index contributed by atoms with van der Waals surface area (Å²) in [5, 5.41) is 22.1. The first-order valence-electron chi connectivity index (χ1n) is 13.9. The fourth-order valence-corrected chi connectivity index (χ4v) is 6.44. The number of benzene rings is 4. The van der Waals surface area contributed by atoms with Gasteiger partial charge in [-0.25, -0.2) is 4.99 Å². The molecule has 1 N–H and O–H groups in total. The number of amidine groups is 1. The standard InChI is InChI=1S/C34H24BrN5O4S/c35-29-17-22(9-14-31(29)44-21-25-6-2-1-5-23(25)19-36)18-32-33(41)39(16-15-24-20-37-30-8-4-3-7-28(24)30)34(45-32)38-26-10-12-27(13-11-26)40(42)43/h1-14,17-18,20,37H,15-16,21H2/b32-18-,38-34?. The van der Waals surface area contributed by atoms with Gasteiger partial charge in [-0.2, -0.15) is 5.26 Å². The highest BCUT2D eigenvalue weighted by Crippen LogP contribution is 2.36. The smallest absolute Gasteiger partial charge is 0.269 e. The van der Waals surface area contributed by atoms with Gasteiger partial charge >= 0.3 is 0 Å². The van der Waals surface area contributed by atoms with Crippen LogP contribution in [0, 0.1) is 21.4 Å². The molecule has 2 heterocycles. The second-order valence-electron chi connectivity index (χ2n) is 10.1. The number of carbonyl (C=O) groups excluding carboxylic acids is 1. The number of thioether (sulfide) groups is 1. The Morgan fingerprint density at radius 1 is 1.04 bits per heavy atom. The van der Waals surface area contributed by atoms with E-state index in [0.717, 1.165) is 27.6 Å². The van der Waals surface area contributed by atoms with E-state index < -0.39 is 4.92 Å². The summed E-state index contributed by atoms with van der Waals surface area (Å²) in [6, 6.07) is 29.0. The van der Waals surface area contributed by atoms with Gasteiger partial charge in [0.25, 0.3) is 11.6 Å². The van der Waals surface area contributed by atoms with Gasteiger partial charge < -0.3 is 9.72 Å². The zero-order valence-electron chi connectivity index (χ0n) is 23.6. The van der Waals surface area contributed by atoms with Gasteiger partial charge in [0.1, 0.15) is 12.4 Å². The van der Waals surface area contributed by atoms with Crippen LogP contribution >= 0.6 is 27.7 Å². The van der Waals surface area contributed by atoms with Gasteiger partial charge in [0.05, 0.1) is 31.6 Å². The minimum absolute atomic E-state index is 0.0295. The monoisotopic (exact) mass is 677 g/mol. The number of carbonyl (C=O) groups is 1. The molecule has 1 aliphatic rings. The van der Waals surface area contributed by atoms with Gasteiger partial charge in [-0.15, -0.1) is 0 Å². The third kappa shape index (κ3) is 6.67. The number of nitrogens with zero attached hydrogens (tertiary/aromatic N) is 4. The molecule has 0 spiro atoms. The largest absolute Gasteiger partial charge is 0.488 e. The Hall–Kier alpha value is -5.18. The number of nitrogens with one attached hydrogen (secondary N) is 1. The maximum Gasteiger partial charge on any atom is 0.269 e. The van der Waals surface area contributed by atoms with Crippen LogP contribution in [0.1, 0.15) is 22.3 Å². The van der Waals surface area contributed by atoms with E-state index in [2.05, 4.69) is 27.0 Å². The molecule has 5 aromatic rings. The summed E-state index contributed by atoms with van der Waals surface area (Å²) in [7, 11) is 0. The van der Waals surface area contributed by atoms with Crippen LogP contribution in [0.4, 0.5) is 11.4 Å². The number of aromatic nitrogens is 1. The highest BCUT2D eigenvalue weighted by molar-refractivity contribution is 9.10. The molecule has 0 radical (unpaired) electrons. The van der Waals surface area contributed by atoms with Crippen molar-refractivity contribution in [2.75, 3.05) is 6.54 Å². The van der Waals surface area contributed by atoms with Crippen LogP contribution in [0.25, 0.3) is 17.0 Å². The van der Waals surface area contributed by atoms with Crippen LogP contribution in [0.2, 0.25) is 0 Å². The van der Waals surface area contributed by atoms with Crippen LogP contribution < -0.4 is 4.74 Å². The predicted molar refractivity (Wildman–Crippen MR) is 179 cm³/mol. The second kappa shape index (κ2) is 13.2. The van der Waals surface area contributed by atoms with E-state index in [0.29, 0.717) is 44.5 Å². The molecule has 0 saturated carbocycles. The number of non-ortho nitro benzene ring substituents is 1. The predicted octanol–water partition coefficient (Wildman–Crippen LogP) is 8.14. The fourth-order valence-electron chi connectivity index (χ4n) is 4.90. The number of nitriles is 1. The summed E-state index contributed by atoms with van der Waals surface area (Å²) < 4.78 is 6.68. The molecule has 1 fully saturated rings. The maximum atomic E-state index is 13.7. The topological polar surface area (TPSA) is 125 Å². The van der Waals surface area contributed by atoms with Gasteiger partial charge in [-0.1, -0.05) is 42.5 Å². The Morgan fingerprint density at radius 3 is 2.60 bits per heavy atom. The SMILES string of the molecule is N#Cc1ccccc1COc1ccc(/C=C2\SC(=Nc3ccc([N+](=O)[O-])cc3)N(CCc3c[nH]c4ccccc34)C2=O)cc1Br. The van der Waals surface area contributed by atoms with E-state index in [1.54, 1.807) is 23.1 Å². The van der Waals surface area contributed by atoms with E-state index in [4.69, 9.17) is 9.73 Å². The zero-order valence-corrected chi connectivity index (χ0v) is 26.0. The second-order valence-corrected chi connectivity index (χ2v) is 12.0. The summed E-state index contributed by atoms with van der Waals surface area (Å²) in [5.41, 5.74) is 4.74. The van der Waals surface area contributed by atoms with Gasteiger partial charge in [0, 0.05) is 41.3 Å². The van der Waals surface area contributed by atoms with E-state index in [1.165, 1.54) is 23.9 Å². The number of nitro benzene ring substituents is 1. The molecule has 0 unspecified atom stereocenters. The average molecular weight is 679 g/mol. The molecule has 0 atom stereocenters. The van der Waals surface area contributed by atoms with Crippen molar-refractivity contribution in [3.05, 3.63) is 139 Å². The minimum atomic E-state index is -0.460. The number of amides is 1. The number of aromatic amines is 1. The number of ether oxygens (including phenoxy) is 1. The molecule has 222 valence electrons. The number of hydrogen-bond acceptors (Lipinski definition) is 7. The highest BCUT2D eigenvalue weighted by atomic mass is 79.9. The Labute approximate surface area is 271 Å². The Kier molecular flexibility index (Phi) is 8.77. The van der Waals surface area contributed by atoms with Gasteiger partial charge in [0.2, 0.25) is 0 Å². The summed E-state index contributed by atoms with van der Waals surface area (Å²) in [6.07, 6.45) is 4.38. The molecule has 9 nitrogen and oxygen atoms in total. The van der Waals surface area contributed by atoms with Crippen molar-refractivity contribution in [3.63, 3.8) is 0 Å². The van der Waals surface area contributed by atoms with Crippen molar-refractivity contribution < 1.29 is 14.5 Å². The van der Waals surface area contributed by atoms with Crippen LogP contribution in [0.15, 0.2) is 112 Å². The average Bonchev–Trinajstić information content (AvgIpc) is 3.59. The van der Waals surface area contributed by atoms with Gasteiger partial charge in [-0.05, 0) is 87.7 Å². The van der Waals surface area contributed by atoms with E-state index in [9.17, 15) is 20.2 Å². The van der Waals surface area contributed by atoms with Crippen molar-refractivity contribution in [3.8, 4) is 11.8 Å². The summed E-state index contributed by atoms with van der Waals surface area (Å²) in [4.78, 5) is 34.5. The number of fused-ring (bicyclic) bond motifs is 1. The first-order chi connectivity index (χ1) is 21.9. The lowest BCUT2D eigenvalue weighted by molar-refractivity contribution is -0.384. The Bertz CT molecular complexity index is 2030. The van der Waals surface area contributed by atoms with Crippen LogP contribution in [0.3, 0.4) is 0 Å². The molecule has 1 amide bonds. The first-order valence-corrected chi connectivity index (χ1v) is 15.5. The number of nitro groups is 1. The minimum Gasteiger partial charge on any atom is -0.488 e. The molecular formula is C34H24BrN5O4S. The van der Waals surface area contributed by atoms with Crippen molar-refractivity contribution in [1.29, 1.82) is 5.26 Å². The summed E-state index contributed by atoms with van der Waals surface area (Å²) in [5.74, 6) is 0.432. The molecule has 6 rings (SSSR count). The number of aliphatic imine (C=N–C) groups is 1. The molecule has 0 aliphatic carbocycles. The van der Waals surface area contributed by atoms with Crippen molar-refractivity contribution >= 4 is 67.1 Å². The van der Waals surface area contributed by atoms with Crippen molar-refractivity contribution in [1.82, 2.24) is 9.88 Å². The fraction of sp³-hybridized carbons (Fsp3) is 0.0882. The van der Waals surface area contributed by atoms with Crippen LogP contribution in [-0.4, -0.2) is 32.4 Å². The molecule has 11 heteroatoms. The Balaban J connectivity index is 1.24. The molecule has 45 heavy (non-hydrogen) atoms. The van der Waals surface area contributed by atoms with E-state index >= 15 is 0 Å². The Morgan fingerprint density at radius 2 is 1.82 bits per heavy atom. The number of halogens is 1. The highest BCUT2D eigenvalue weighted by Gasteiger charge is 2.33. The number of H-pyrrole nitrogens is 1. The summed E-state index contributed by atoms with van der Waals surface area (Å²) >= 11 is 4.83. The molecule has 4 aromatic carbocycles. The molecule has 1 saturated heterocycles. The normalized spacial score (nSPS) is 14.8. The lowest BCUT2D eigenvalue weighted by Crippen LogP contribution is -2.31. The summed E-state index contributed by atoms with van der Waals surface area (Å²) in [6.45, 7) is 0.641. The number of para-hydroxylation sites is 1. The third-order valence-corrected chi connectivity index (χ3v) is 8.85. The van der Waals surface area contributed by atoms with Crippen LogP contribution in [0.5, 0.6) is 5.75 Å². The lowest BCUT2D eigenvalue weighted by Gasteiger charge is -2.15. The number of rotatable bonds is 9. The van der Waals surface area contributed by atoms with Crippen LogP contribution in [-0.2, 0) is 17.8 Å². The lowest BCUT2D eigenvalue weighted by atomic mass is 10.1. The third-order valence-electron chi connectivity index (χ3n) is 7.23. The molecule has 1 aliphatic heterocycles. The van der Waals surface area contributed by atoms with E-state index in [1.807, 2.05) is 72.9 Å². The molecule has 0 bridgehead atoms. The van der Waals surface area contributed by atoms with Gasteiger partial charge in [0.15, 0.2) is 5.17 Å². The van der Waals surface area contributed by atoms with Gasteiger partial charge in [-0.3, -0.25) is 19.8 Å². The maximum absolute atomic E-state index is 13.7.